The summed E-state index contributed by atoms with van der Waals surface area (Å²) >= 11 is 0. The predicted octanol–water partition coefficient (Wildman–Crippen LogP) is -0.238. The van der Waals surface area contributed by atoms with Crippen molar-refractivity contribution >= 4 is 10.0 Å². The van der Waals surface area contributed by atoms with Crippen LogP contribution in [0.3, 0.4) is 0 Å². The van der Waals surface area contributed by atoms with E-state index in [9.17, 15) is 13.2 Å². The minimum absolute atomic E-state index is 0.140. The maximum atomic E-state index is 13.3. The highest BCUT2D eigenvalue weighted by atomic mass is 32.2. The summed E-state index contributed by atoms with van der Waals surface area (Å²) in [6.45, 7) is 7.83. The van der Waals surface area contributed by atoms with Gasteiger partial charge in [-0.3, -0.25) is 9.79 Å². The lowest BCUT2D eigenvalue weighted by Crippen LogP contribution is -2.48. The van der Waals surface area contributed by atoms with Gasteiger partial charge in [0.25, 0.3) is 5.56 Å². The molecule has 0 atom stereocenters. The summed E-state index contributed by atoms with van der Waals surface area (Å²) in [7, 11) is -3.69. The number of nitrogens with zero attached hydrogens (tertiary/aromatic N) is 5. The molecule has 1 fully saturated rings. The third-order valence-corrected chi connectivity index (χ3v) is 7.30. The molecule has 11 heteroatoms. The molecule has 1 N–H and O–H groups in total. The maximum Gasteiger partial charge on any atom is 0.278 e. The van der Waals surface area contributed by atoms with Gasteiger partial charge in [0, 0.05) is 26.2 Å². The number of hydrogen-bond acceptors (Lipinski definition) is 8. The first kappa shape index (κ1) is 21.6. The number of nitrogens with one attached hydrogen (secondary N) is 1. The normalized spacial score (nSPS) is 17.1. The Bertz CT molecular complexity index is 1250. The number of fused-ring (bicyclic) bond motifs is 1. The average Bonchev–Trinajstić information content (AvgIpc) is 3.27. The first-order valence-electron chi connectivity index (χ1n) is 10.4. The standard InChI is InChI=1S/C20H26N6O4S/c1-3-11-30-16-6-5-14(31(28,29)26-9-7-25(4-2)8-10-26)12-15(16)18-23-19-17(20(27)24-18)21-13-22-19/h5-6,12H,3-4,7-11,13H2,1-2H3,(H,22,23,24,27). The van der Waals surface area contributed by atoms with E-state index in [0.717, 1.165) is 13.0 Å². The number of hydrogen-bond donors (Lipinski definition) is 1. The summed E-state index contributed by atoms with van der Waals surface area (Å²) in [4.78, 5) is 30.0. The topological polar surface area (TPSA) is 120 Å². The van der Waals surface area contributed by atoms with E-state index in [1.165, 1.54) is 10.4 Å². The smallest absolute Gasteiger partial charge is 0.278 e. The molecule has 3 heterocycles. The summed E-state index contributed by atoms with van der Waals surface area (Å²) in [6.07, 6.45) is 0.781. The molecule has 2 aliphatic rings. The second-order valence-electron chi connectivity index (χ2n) is 7.39. The molecule has 31 heavy (non-hydrogen) atoms. The van der Waals surface area contributed by atoms with E-state index in [1.807, 2.05) is 6.92 Å². The number of rotatable bonds is 7. The van der Waals surface area contributed by atoms with Crippen molar-refractivity contribution in [2.24, 2.45) is 9.98 Å². The summed E-state index contributed by atoms with van der Waals surface area (Å²) < 4.78 is 33.9. The van der Waals surface area contributed by atoms with E-state index in [4.69, 9.17) is 4.74 Å². The average molecular weight is 447 g/mol. The molecule has 0 aliphatic carbocycles. The Kier molecular flexibility index (Phi) is 6.17. The van der Waals surface area contributed by atoms with Gasteiger partial charge < -0.3 is 14.6 Å². The third kappa shape index (κ3) is 4.25. The van der Waals surface area contributed by atoms with E-state index in [-0.39, 0.29) is 28.2 Å². The molecule has 0 unspecified atom stereocenters. The number of H-pyrrole nitrogens is 1. The van der Waals surface area contributed by atoms with Gasteiger partial charge in [-0.1, -0.05) is 13.8 Å². The van der Waals surface area contributed by atoms with Crippen LogP contribution in [-0.2, 0) is 10.0 Å². The van der Waals surface area contributed by atoms with Crippen LogP contribution in [0.1, 0.15) is 20.3 Å². The lowest BCUT2D eigenvalue weighted by molar-refractivity contribution is 0.196. The van der Waals surface area contributed by atoms with Gasteiger partial charge in [-0.25, -0.2) is 18.4 Å². The second kappa shape index (κ2) is 8.85. The molecule has 0 amide bonds. The van der Waals surface area contributed by atoms with E-state index in [2.05, 4.69) is 31.8 Å². The number of sulfonamides is 1. The van der Waals surface area contributed by atoms with Crippen LogP contribution in [-0.4, -0.2) is 73.6 Å². The molecule has 2 aliphatic heterocycles. The Hall–Kier alpha value is -2.63. The van der Waals surface area contributed by atoms with Crippen molar-refractivity contribution in [2.75, 3.05) is 46.0 Å². The van der Waals surface area contributed by atoms with E-state index < -0.39 is 15.6 Å². The number of benzene rings is 1. The molecule has 1 aromatic heterocycles. The zero-order chi connectivity index (χ0) is 22.0. The van der Waals surface area contributed by atoms with Crippen molar-refractivity contribution in [3.63, 3.8) is 0 Å². The number of piperazine rings is 1. The number of likely N-dealkylation sites (N-methyl/N-ethyl adjacent to an activating group) is 1. The number of aromatic amines is 1. The fraction of sp³-hybridized carbons (Fsp3) is 0.500. The quantitative estimate of drug-likeness (QED) is 0.627. The van der Waals surface area contributed by atoms with Gasteiger partial charge in [0.1, 0.15) is 18.2 Å². The van der Waals surface area contributed by atoms with Gasteiger partial charge in [-0.05, 0) is 31.2 Å². The second-order valence-corrected chi connectivity index (χ2v) is 9.33. The minimum Gasteiger partial charge on any atom is -0.493 e. The van der Waals surface area contributed by atoms with Crippen LogP contribution in [0.4, 0.5) is 0 Å². The van der Waals surface area contributed by atoms with Crippen LogP contribution in [0.15, 0.2) is 37.9 Å². The van der Waals surface area contributed by atoms with E-state index in [1.54, 1.807) is 12.1 Å². The van der Waals surface area contributed by atoms with Crippen LogP contribution < -0.4 is 21.1 Å². The highest BCUT2D eigenvalue weighted by molar-refractivity contribution is 7.89. The summed E-state index contributed by atoms with van der Waals surface area (Å²) in [5.74, 6) is 0.665. The predicted molar refractivity (Wildman–Crippen MR) is 114 cm³/mol. The Morgan fingerprint density at radius 2 is 1.90 bits per heavy atom. The first-order chi connectivity index (χ1) is 14.9. The lowest BCUT2D eigenvalue weighted by Gasteiger charge is -2.33. The van der Waals surface area contributed by atoms with Gasteiger partial charge in [0.05, 0.1) is 17.1 Å². The van der Waals surface area contributed by atoms with Crippen molar-refractivity contribution in [1.29, 1.82) is 0 Å². The van der Waals surface area contributed by atoms with Crippen molar-refractivity contribution in [3.8, 4) is 17.1 Å². The molecule has 166 valence electrons. The SMILES string of the molecule is CCCOc1ccc(S(=O)(=O)N2CCN(CC)CC2)cc1-c1nc2c(c(=O)[nH]1)=NCN=2. The molecular weight excluding hydrogens is 420 g/mol. The third-order valence-electron chi connectivity index (χ3n) is 5.41. The molecule has 0 radical (unpaired) electrons. The Morgan fingerprint density at radius 1 is 1.13 bits per heavy atom. The maximum absolute atomic E-state index is 13.3. The number of aromatic nitrogens is 2. The first-order valence-corrected chi connectivity index (χ1v) is 11.9. The van der Waals surface area contributed by atoms with Gasteiger partial charge >= 0.3 is 0 Å². The fourth-order valence-corrected chi connectivity index (χ4v) is 5.09. The Morgan fingerprint density at radius 3 is 2.61 bits per heavy atom. The Balaban J connectivity index is 1.76. The fourth-order valence-electron chi connectivity index (χ4n) is 3.64. The molecule has 0 saturated carbocycles. The lowest BCUT2D eigenvalue weighted by atomic mass is 10.2. The van der Waals surface area contributed by atoms with E-state index >= 15 is 0 Å². The van der Waals surface area contributed by atoms with Gasteiger partial charge in [-0.15, -0.1) is 0 Å². The van der Waals surface area contributed by atoms with Crippen LogP contribution in [0.5, 0.6) is 5.75 Å². The molecule has 4 rings (SSSR count). The van der Waals surface area contributed by atoms with Crippen molar-refractivity contribution < 1.29 is 13.2 Å². The highest BCUT2D eigenvalue weighted by Crippen LogP contribution is 2.31. The van der Waals surface area contributed by atoms with Crippen LogP contribution >= 0.6 is 0 Å². The summed E-state index contributed by atoms with van der Waals surface area (Å²) in [5, 5.41) is 0.192. The van der Waals surface area contributed by atoms with Gasteiger partial charge in [0.2, 0.25) is 10.0 Å². The minimum atomic E-state index is -3.69. The van der Waals surface area contributed by atoms with Gasteiger partial charge in [-0.2, -0.15) is 4.31 Å². The molecule has 0 bridgehead atoms. The zero-order valence-electron chi connectivity index (χ0n) is 17.7. The van der Waals surface area contributed by atoms with Crippen molar-refractivity contribution in [3.05, 3.63) is 39.4 Å². The monoisotopic (exact) mass is 446 g/mol. The molecule has 10 nitrogen and oxygen atoms in total. The van der Waals surface area contributed by atoms with Crippen molar-refractivity contribution in [1.82, 2.24) is 19.2 Å². The molecular formula is C20H26N6O4S. The Labute approximate surface area is 180 Å². The largest absolute Gasteiger partial charge is 0.493 e. The molecule has 1 saturated heterocycles. The molecule has 2 aromatic rings. The van der Waals surface area contributed by atoms with Gasteiger partial charge in [0.15, 0.2) is 10.8 Å². The zero-order valence-corrected chi connectivity index (χ0v) is 18.5. The summed E-state index contributed by atoms with van der Waals surface area (Å²) in [5.41, 5.74) is 0.250. The van der Waals surface area contributed by atoms with Crippen LogP contribution in [0, 0.1) is 0 Å². The highest BCUT2D eigenvalue weighted by Gasteiger charge is 2.29. The van der Waals surface area contributed by atoms with Crippen molar-refractivity contribution in [2.45, 2.75) is 25.2 Å². The number of ether oxygens (including phenoxy) is 1. The molecule has 1 aromatic carbocycles. The summed E-state index contributed by atoms with van der Waals surface area (Å²) in [6, 6.07) is 4.68. The molecule has 0 spiro atoms. The van der Waals surface area contributed by atoms with Crippen LogP contribution in [0.2, 0.25) is 0 Å². The van der Waals surface area contributed by atoms with Crippen LogP contribution in [0.25, 0.3) is 11.4 Å². The van der Waals surface area contributed by atoms with E-state index in [0.29, 0.717) is 44.1 Å².